The van der Waals surface area contributed by atoms with Gasteiger partial charge in [0.15, 0.2) is 5.96 Å². The number of rotatable bonds is 7. The first-order chi connectivity index (χ1) is 13.3. The van der Waals surface area contributed by atoms with E-state index in [9.17, 15) is 0 Å². The summed E-state index contributed by atoms with van der Waals surface area (Å²) in [6.45, 7) is 8.26. The topological polar surface area (TPSA) is 67.1 Å². The van der Waals surface area contributed by atoms with Gasteiger partial charge in [-0.25, -0.2) is 0 Å². The van der Waals surface area contributed by atoms with Crippen molar-refractivity contribution in [2.75, 3.05) is 19.6 Å². The van der Waals surface area contributed by atoms with E-state index >= 15 is 0 Å². The van der Waals surface area contributed by atoms with E-state index in [4.69, 9.17) is 4.99 Å². The number of aliphatic imine (C=N–C) groups is 1. The maximum atomic E-state index is 4.81. The average Bonchev–Trinajstić information content (AvgIpc) is 2.88. The fourth-order valence-electron chi connectivity index (χ4n) is 4.55. The number of halogens is 1. The zero-order valence-corrected chi connectivity index (χ0v) is 20.1. The maximum absolute atomic E-state index is 4.81. The summed E-state index contributed by atoms with van der Waals surface area (Å²) in [4.78, 5) is 4.81. The predicted octanol–water partition coefficient (Wildman–Crippen LogP) is 3.94. The number of aromatic nitrogens is 3. The van der Waals surface area contributed by atoms with Gasteiger partial charge >= 0.3 is 0 Å². The normalized spacial score (nSPS) is 22.7. The summed E-state index contributed by atoms with van der Waals surface area (Å²) < 4.78 is 2.34. The molecule has 7 heteroatoms. The molecule has 2 heterocycles. The molecule has 1 aliphatic heterocycles. The van der Waals surface area contributed by atoms with Crippen molar-refractivity contribution >= 4 is 29.9 Å². The molecule has 2 unspecified atom stereocenters. The lowest BCUT2D eigenvalue weighted by Gasteiger charge is -2.26. The summed E-state index contributed by atoms with van der Waals surface area (Å²) in [5.41, 5.74) is 0. The molecule has 0 bridgehead atoms. The molecule has 0 spiro atoms. The Hall–Kier alpha value is -0.860. The molecule has 1 aliphatic carbocycles. The first-order valence-electron chi connectivity index (χ1n) is 11.2. The highest BCUT2D eigenvalue weighted by molar-refractivity contribution is 14.0. The molecule has 2 N–H and O–H groups in total. The van der Waals surface area contributed by atoms with E-state index in [0.717, 1.165) is 62.6 Å². The van der Waals surface area contributed by atoms with Crippen molar-refractivity contribution in [2.24, 2.45) is 16.8 Å². The average molecular weight is 502 g/mol. The van der Waals surface area contributed by atoms with Gasteiger partial charge in [0.1, 0.15) is 11.6 Å². The summed E-state index contributed by atoms with van der Waals surface area (Å²) in [5.74, 6) is 5.00. The minimum absolute atomic E-state index is 0. The Labute approximate surface area is 187 Å². The zero-order valence-electron chi connectivity index (χ0n) is 17.8. The van der Waals surface area contributed by atoms with Crippen LogP contribution in [-0.2, 0) is 19.4 Å². The summed E-state index contributed by atoms with van der Waals surface area (Å²) in [7, 11) is 0. The Kier molecular flexibility index (Phi) is 10.6. The van der Waals surface area contributed by atoms with Gasteiger partial charge < -0.3 is 15.2 Å². The van der Waals surface area contributed by atoms with Crippen LogP contribution >= 0.6 is 24.0 Å². The summed E-state index contributed by atoms with van der Waals surface area (Å²) in [6.07, 6.45) is 12.6. The molecule has 1 fully saturated rings. The van der Waals surface area contributed by atoms with Crippen molar-refractivity contribution in [3.63, 3.8) is 0 Å². The SMILES string of the molecule is CCNC(=NCCC1CCCC(C)C1)NCCc1nnc2n1CCCCC2.I. The largest absolute Gasteiger partial charge is 0.357 e. The molecule has 1 saturated carbocycles. The lowest BCUT2D eigenvalue weighted by molar-refractivity contribution is 0.272. The molecule has 28 heavy (non-hydrogen) atoms. The van der Waals surface area contributed by atoms with Crippen molar-refractivity contribution < 1.29 is 0 Å². The lowest BCUT2D eigenvalue weighted by Crippen LogP contribution is -2.38. The Morgan fingerprint density at radius 2 is 2.04 bits per heavy atom. The number of aryl methyl sites for hydroxylation is 1. The van der Waals surface area contributed by atoms with Crippen LogP contribution < -0.4 is 10.6 Å². The molecular weight excluding hydrogens is 463 g/mol. The second-order valence-corrected chi connectivity index (χ2v) is 8.36. The number of nitrogens with one attached hydrogen (secondary N) is 2. The molecule has 1 aromatic heterocycles. The maximum Gasteiger partial charge on any atom is 0.191 e. The van der Waals surface area contributed by atoms with Crippen LogP contribution in [0.1, 0.15) is 76.9 Å². The molecule has 0 saturated heterocycles. The van der Waals surface area contributed by atoms with Gasteiger partial charge in [-0.2, -0.15) is 0 Å². The molecule has 0 amide bonds. The Morgan fingerprint density at radius 3 is 2.86 bits per heavy atom. The van der Waals surface area contributed by atoms with Crippen LogP contribution in [0.4, 0.5) is 0 Å². The Morgan fingerprint density at radius 1 is 1.14 bits per heavy atom. The van der Waals surface area contributed by atoms with Crippen molar-refractivity contribution in [2.45, 2.75) is 84.6 Å². The van der Waals surface area contributed by atoms with Gasteiger partial charge in [-0.05, 0) is 44.4 Å². The number of guanidine groups is 1. The van der Waals surface area contributed by atoms with Gasteiger partial charge in [-0.1, -0.05) is 32.6 Å². The molecule has 2 atom stereocenters. The highest BCUT2D eigenvalue weighted by atomic mass is 127. The Balaban J connectivity index is 0.00000280. The number of hydrogen-bond acceptors (Lipinski definition) is 3. The number of nitrogens with zero attached hydrogens (tertiary/aromatic N) is 4. The van der Waals surface area contributed by atoms with Crippen molar-refractivity contribution in [1.29, 1.82) is 0 Å². The van der Waals surface area contributed by atoms with Gasteiger partial charge in [0.05, 0.1) is 0 Å². The number of fused-ring (bicyclic) bond motifs is 1. The van der Waals surface area contributed by atoms with Crippen molar-refractivity contribution in [3.8, 4) is 0 Å². The summed E-state index contributed by atoms with van der Waals surface area (Å²) in [6, 6.07) is 0. The van der Waals surface area contributed by atoms with Crippen molar-refractivity contribution in [1.82, 2.24) is 25.4 Å². The quantitative estimate of drug-likeness (QED) is 0.337. The van der Waals surface area contributed by atoms with E-state index in [-0.39, 0.29) is 24.0 Å². The lowest BCUT2D eigenvalue weighted by atomic mass is 9.81. The van der Waals surface area contributed by atoms with Gasteiger partial charge in [0.25, 0.3) is 0 Å². The van der Waals surface area contributed by atoms with Gasteiger partial charge in [-0.3, -0.25) is 4.99 Å². The van der Waals surface area contributed by atoms with Crippen LogP contribution in [0.2, 0.25) is 0 Å². The molecule has 0 aromatic carbocycles. The smallest absolute Gasteiger partial charge is 0.191 e. The van der Waals surface area contributed by atoms with E-state index in [1.807, 2.05) is 0 Å². The second kappa shape index (κ2) is 12.6. The third-order valence-corrected chi connectivity index (χ3v) is 6.02. The van der Waals surface area contributed by atoms with Crippen LogP contribution in [0.25, 0.3) is 0 Å². The highest BCUT2D eigenvalue weighted by Gasteiger charge is 2.18. The predicted molar refractivity (Wildman–Crippen MR) is 126 cm³/mol. The van der Waals surface area contributed by atoms with Crippen LogP contribution in [0, 0.1) is 11.8 Å². The van der Waals surface area contributed by atoms with Crippen LogP contribution in [-0.4, -0.2) is 40.4 Å². The molecule has 1 aromatic rings. The van der Waals surface area contributed by atoms with Crippen LogP contribution in [0.15, 0.2) is 4.99 Å². The van der Waals surface area contributed by atoms with E-state index in [1.54, 1.807) is 0 Å². The van der Waals surface area contributed by atoms with Crippen LogP contribution in [0.5, 0.6) is 0 Å². The fourth-order valence-corrected chi connectivity index (χ4v) is 4.55. The van der Waals surface area contributed by atoms with E-state index < -0.39 is 0 Å². The van der Waals surface area contributed by atoms with E-state index in [1.165, 1.54) is 57.2 Å². The van der Waals surface area contributed by atoms with Gasteiger partial charge in [0, 0.05) is 39.0 Å². The van der Waals surface area contributed by atoms with E-state index in [2.05, 4.69) is 39.2 Å². The van der Waals surface area contributed by atoms with Crippen LogP contribution in [0.3, 0.4) is 0 Å². The van der Waals surface area contributed by atoms with Gasteiger partial charge in [-0.15, -0.1) is 34.2 Å². The highest BCUT2D eigenvalue weighted by Crippen LogP contribution is 2.30. The second-order valence-electron chi connectivity index (χ2n) is 8.36. The van der Waals surface area contributed by atoms with E-state index in [0.29, 0.717) is 0 Å². The molecular formula is C21H39IN6. The molecule has 2 aliphatic rings. The Bertz CT molecular complexity index is 600. The minimum atomic E-state index is 0. The summed E-state index contributed by atoms with van der Waals surface area (Å²) in [5, 5.41) is 15.7. The standard InChI is InChI=1S/C21H38N6.HI/c1-3-22-21(23-13-11-18-9-7-8-17(2)16-18)24-14-12-20-26-25-19-10-5-4-6-15-27(19)20;/h17-18H,3-16H2,1-2H3,(H2,22,23,24);1H. The molecule has 6 nitrogen and oxygen atoms in total. The molecule has 160 valence electrons. The first-order valence-corrected chi connectivity index (χ1v) is 11.2. The molecule has 3 rings (SSSR count). The number of hydrogen-bond donors (Lipinski definition) is 2. The zero-order chi connectivity index (χ0) is 18.9. The molecule has 0 radical (unpaired) electrons. The minimum Gasteiger partial charge on any atom is -0.357 e. The summed E-state index contributed by atoms with van der Waals surface area (Å²) >= 11 is 0. The monoisotopic (exact) mass is 502 g/mol. The van der Waals surface area contributed by atoms with Gasteiger partial charge in [0.2, 0.25) is 0 Å². The fraction of sp³-hybridized carbons (Fsp3) is 0.857. The van der Waals surface area contributed by atoms with Crippen molar-refractivity contribution in [3.05, 3.63) is 11.6 Å². The first kappa shape index (κ1) is 23.4. The third kappa shape index (κ3) is 7.19. The third-order valence-electron chi connectivity index (χ3n) is 6.02.